The minimum absolute atomic E-state index is 0.108. The fourth-order valence-corrected chi connectivity index (χ4v) is 12.9. The molecule has 15 nitrogen and oxygen atoms in total. The van der Waals surface area contributed by atoms with E-state index in [9.17, 15) is 27.9 Å². The van der Waals surface area contributed by atoms with Crippen molar-refractivity contribution in [2.24, 2.45) is 5.41 Å². The first-order valence-electron chi connectivity index (χ1n) is 22.5. The number of fused-ring (bicyclic) bond motifs is 1. The number of piperazine rings is 1. The number of H-pyrrole nitrogens is 1. The number of nitro benzene ring substituents is 1. The molecule has 3 aromatic carbocycles. The van der Waals surface area contributed by atoms with Crippen molar-refractivity contribution in [3.63, 3.8) is 0 Å². The highest BCUT2D eigenvalue weighted by Gasteiger charge is 2.31. The second-order valence-corrected chi connectivity index (χ2v) is 25.5. The molecule has 2 fully saturated rings. The highest BCUT2D eigenvalue weighted by Crippen LogP contribution is 2.44. The van der Waals surface area contributed by atoms with Crippen LogP contribution in [0.15, 0.2) is 105 Å². The summed E-state index contributed by atoms with van der Waals surface area (Å²) in [6.07, 6.45) is 7.90. The Morgan fingerprint density at radius 2 is 1.76 bits per heavy atom. The number of benzene rings is 3. The number of aromatic nitrogens is 2. The molecule has 0 spiro atoms. The molecule has 1 atom stereocenters. The normalized spacial score (nSPS) is 18.5. The minimum atomic E-state index is -4.59. The predicted molar refractivity (Wildman–Crippen MR) is 268 cm³/mol. The molecule has 8 rings (SSSR count). The van der Waals surface area contributed by atoms with Crippen molar-refractivity contribution in [1.82, 2.24) is 24.5 Å². The van der Waals surface area contributed by atoms with Crippen molar-refractivity contribution in [2.45, 2.75) is 53.8 Å². The molecule has 3 N–H and O–H groups in total. The van der Waals surface area contributed by atoms with Crippen LogP contribution in [0, 0.1) is 15.5 Å². The summed E-state index contributed by atoms with van der Waals surface area (Å²) >= 11 is 7.56. The SMILES string of the molecule is COCC(CN1CCP(C)(=O)CC1)Nc1ccc(S(=O)(=O)NC(=O)c2ccc(N3CCN(CC4=C(c5ccc(Cl)cc5)CC(C)(C)CC4)CC3)cc2Sc2cnc3[nH]ccc3c2)cc1[N+](=O)[O-]. The van der Waals surface area contributed by atoms with Gasteiger partial charge in [0.15, 0.2) is 0 Å². The zero-order valence-electron chi connectivity index (χ0n) is 38.3. The molecule has 356 valence electrons. The number of ether oxygens (including phenoxy) is 1. The fraction of sp³-hybridized carbons (Fsp3) is 0.417. The molecule has 19 heteroatoms. The van der Waals surface area contributed by atoms with Gasteiger partial charge in [0.1, 0.15) is 11.3 Å². The second kappa shape index (κ2) is 20.5. The van der Waals surface area contributed by atoms with Gasteiger partial charge < -0.3 is 29.4 Å². The summed E-state index contributed by atoms with van der Waals surface area (Å²) in [6.45, 7) is 12.6. The summed E-state index contributed by atoms with van der Waals surface area (Å²) in [5.74, 6) is -0.877. The largest absolute Gasteiger partial charge is 0.383 e. The average molecular weight is 990 g/mol. The number of nitrogens with one attached hydrogen (secondary N) is 3. The zero-order valence-corrected chi connectivity index (χ0v) is 41.6. The number of anilines is 2. The van der Waals surface area contributed by atoms with Crippen molar-refractivity contribution < 1.29 is 27.4 Å². The van der Waals surface area contributed by atoms with Gasteiger partial charge in [0.25, 0.3) is 21.6 Å². The first-order chi connectivity index (χ1) is 31.9. The van der Waals surface area contributed by atoms with Crippen LogP contribution >= 0.6 is 30.5 Å². The molecule has 0 radical (unpaired) electrons. The Morgan fingerprint density at radius 1 is 1.01 bits per heavy atom. The van der Waals surface area contributed by atoms with Crippen molar-refractivity contribution in [3.05, 3.63) is 117 Å². The molecule has 0 bridgehead atoms. The van der Waals surface area contributed by atoms with Crippen LogP contribution in [-0.2, 0) is 19.3 Å². The third-order valence-corrected chi connectivity index (χ3v) is 17.9. The molecule has 1 unspecified atom stereocenters. The van der Waals surface area contributed by atoms with Gasteiger partial charge >= 0.3 is 0 Å². The zero-order chi connectivity index (χ0) is 47.5. The van der Waals surface area contributed by atoms with Gasteiger partial charge in [-0.15, -0.1) is 0 Å². The maximum Gasteiger partial charge on any atom is 0.293 e. The number of aromatic amines is 1. The van der Waals surface area contributed by atoms with E-state index < -0.39 is 38.6 Å². The number of sulfonamides is 1. The average Bonchev–Trinajstić information content (AvgIpc) is 3.76. The first-order valence-corrected chi connectivity index (χ1v) is 27.7. The number of methoxy groups -OCH3 is 1. The summed E-state index contributed by atoms with van der Waals surface area (Å²) in [6, 6.07) is 20.6. The van der Waals surface area contributed by atoms with Crippen molar-refractivity contribution in [2.75, 3.05) is 95.3 Å². The monoisotopic (exact) mass is 988 g/mol. The number of nitro groups is 1. The quantitative estimate of drug-likeness (QED) is 0.0485. The molecule has 0 saturated carbocycles. The lowest BCUT2D eigenvalue weighted by atomic mass is 9.72. The molecular weight excluding hydrogens is 931 g/mol. The fourth-order valence-electron chi connectivity index (χ4n) is 9.15. The molecule has 1 aliphatic carbocycles. The lowest BCUT2D eigenvalue weighted by Gasteiger charge is -2.39. The van der Waals surface area contributed by atoms with Gasteiger partial charge in [-0.05, 0) is 97.1 Å². The number of nitrogens with zero attached hydrogens (tertiary/aromatic N) is 5. The van der Waals surface area contributed by atoms with E-state index in [1.165, 1.54) is 47.7 Å². The third kappa shape index (κ3) is 12.1. The Morgan fingerprint density at radius 3 is 2.48 bits per heavy atom. The number of carbonyl (C=O) groups is 1. The Labute approximate surface area is 401 Å². The maximum absolute atomic E-state index is 14.1. The topological polar surface area (TPSA) is 183 Å². The first kappa shape index (κ1) is 48.7. The van der Waals surface area contributed by atoms with Crippen molar-refractivity contribution in [3.8, 4) is 0 Å². The van der Waals surface area contributed by atoms with E-state index in [2.05, 4.69) is 60.7 Å². The van der Waals surface area contributed by atoms with Crippen LogP contribution in [0.2, 0.25) is 5.02 Å². The van der Waals surface area contributed by atoms with Crippen molar-refractivity contribution in [1.29, 1.82) is 0 Å². The lowest BCUT2D eigenvalue weighted by molar-refractivity contribution is -0.384. The number of carbonyl (C=O) groups excluding carboxylic acids is 1. The van der Waals surface area contributed by atoms with E-state index in [0.717, 1.165) is 79.0 Å². The van der Waals surface area contributed by atoms with Crippen LogP contribution in [0.3, 0.4) is 0 Å². The molecule has 4 heterocycles. The van der Waals surface area contributed by atoms with Gasteiger partial charge in [-0.2, -0.15) is 0 Å². The number of amides is 1. The molecular formula is C48H58ClN8O7PS2. The standard InChI is InChI=1S/C48H58ClN8O7PS2/c1-48(2)15-13-35(42(28-48)33-5-7-36(49)8-6-33)30-54-17-19-56(20-18-54)38-9-11-41(45(26-38)66-39-25-34-14-16-50-46(34)51-29-39)47(58)53-67(62,63)40-10-12-43(44(27-40)57(59)60)52-37(32-64-3)31-55-21-23-65(4,61)24-22-55/h5-12,14,16,25-27,29,37,52H,13,15,17-24,28,30-32H2,1-4H3,(H,50,51)(H,53,58). The Kier molecular flexibility index (Phi) is 14.9. The van der Waals surface area contributed by atoms with Gasteiger partial charge in [-0.25, -0.2) is 18.1 Å². The van der Waals surface area contributed by atoms with Crippen LogP contribution in [0.1, 0.15) is 49.0 Å². The van der Waals surface area contributed by atoms with Crippen LogP contribution < -0.4 is 14.9 Å². The van der Waals surface area contributed by atoms with E-state index in [1.54, 1.807) is 18.5 Å². The number of pyridine rings is 1. The smallest absolute Gasteiger partial charge is 0.293 e. The van der Waals surface area contributed by atoms with E-state index in [0.29, 0.717) is 42.5 Å². The van der Waals surface area contributed by atoms with Crippen molar-refractivity contribution >= 4 is 80.1 Å². The minimum Gasteiger partial charge on any atom is -0.383 e. The number of halogens is 1. The van der Waals surface area contributed by atoms with E-state index in [4.69, 9.17) is 16.3 Å². The van der Waals surface area contributed by atoms with Crippen LogP contribution in [0.4, 0.5) is 17.1 Å². The molecule has 2 saturated heterocycles. The molecule has 2 aliphatic heterocycles. The molecule has 1 amide bonds. The van der Waals surface area contributed by atoms with E-state index in [1.807, 2.05) is 43.1 Å². The number of allylic oxidation sites excluding steroid dienone is 1. The lowest BCUT2D eigenvalue weighted by Crippen LogP contribution is -2.47. The molecule has 3 aliphatic rings. The number of hydrogen-bond acceptors (Lipinski definition) is 13. The van der Waals surface area contributed by atoms with E-state index in [-0.39, 0.29) is 29.3 Å². The van der Waals surface area contributed by atoms with Gasteiger partial charge in [0, 0.05) is 116 Å². The maximum atomic E-state index is 14.1. The van der Waals surface area contributed by atoms with Gasteiger partial charge in [-0.1, -0.05) is 54.9 Å². The highest BCUT2D eigenvalue weighted by atomic mass is 35.5. The van der Waals surface area contributed by atoms with Crippen LogP contribution in [0.25, 0.3) is 16.6 Å². The summed E-state index contributed by atoms with van der Waals surface area (Å²) < 4.78 is 47.9. The van der Waals surface area contributed by atoms with Gasteiger partial charge in [0.2, 0.25) is 0 Å². The van der Waals surface area contributed by atoms with Crippen LogP contribution in [-0.4, -0.2) is 130 Å². The van der Waals surface area contributed by atoms with Gasteiger partial charge in [-0.3, -0.25) is 19.8 Å². The number of hydrogen-bond donors (Lipinski definition) is 3. The van der Waals surface area contributed by atoms with E-state index >= 15 is 0 Å². The molecule has 67 heavy (non-hydrogen) atoms. The summed E-state index contributed by atoms with van der Waals surface area (Å²) in [5.41, 5.74) is 5.73. The Hall–Kier alpha value is -4.74. The molecule has 5 aromatic rings. The third-order valence-electron chi connectivity index (χ3n) is 13.0. The highest BCUT2D eigenvalue weighted by molar-refractivity contribution is 7.99. The summed E-state index contributed by atoms with van der Waals surface area (Å²) in [5, 5.41) is 17.2. The Bertz CT molecular complexity index is 2820. The van der Waals surface area contributed by atoms with Gasteiger partial charge in [0.05, 0.1) is 35.2 Å². The Balaban J connectivity index is 0.996. The molecule has 2 aromatic heterocycles. The summed E-state index contributed by atoms with van der Waals surface area (Å²) in [7, 11) is -5.21. The predicted octanol–water partition coefficient (Wildman–Crippen LogP) is 8.92. The van der Waals surface area contributed by atoms with Crippen LogP contribution in [0.5, 0.6) is 0 Å². The number of rotatable bonds is 16. The summed E-state index contributed by atoms with van der Waals surface area (Å²) in [4.78, 5) is 41.2. The second-order valence-electron chi connectivity index (χ2n) is 18.8.